The van der Waals surface area contributed by atoms with E-state index in [9.17, 15) is 0 Å². The van der Waals surface area contributed by atoms with Crippen LogP contribution in [0.25, 0.3) is 0 Å². The lowest BCUT2D eigenvalue weighted by Gasteiger charge is -2.35. The largest absolute Gasteiger partial charge is 0.443 e. The van der Waals surface area contributed by atoms with Crippen molar-refractivity contribution in [2.45, 2.75) is 13.1 Å². The summed E-state index contributed by atoms with van der Waals surface area (Å²) in [6.07, 6.45) is 0. The predicted molar refractivity (Wildman–Crippen MR) is 171 cm³/mol. The minimum atomic E-state index is -2.28. The molecule has 2 unspecified atom stereocenters. The van der Waals surface area contributed by atoms with Gasteiger partial charge in [-0.2, -0.15) is 0 Å². The second kappa shape index (κ2) is 14.0. The molecule has 0 saturated carbocycles. The Labute approximate surface area is 223 Å². The molecule has 0 N–H and O–H groups in total. The van der Waals surface area contributed by atoms with Crippen LogP contribution in [0.3, 0.4) is 0 Å². The molecule has 0 saturated heterocycles. The third-order valence-electron chi connectivity index (χ3n) is 6.16. The first-order valence-corrected chi connectivity index (χ1v) is 21.0. The van der Waals surface area contributed by atoms with Gasteiger partial charge < -0.3 is 8.23 Å². The van der Waals surface area contributed by atoms with E-state index in [1.807, 2.05) is 23.5 Å². The smallest absolute Gasteiger partial charge is 0.254 e. The van der Waals surface area contributed by atoms with E-state index >= 15 is 0 Å². The molecule has 6 heteroatoms. The molecule has 0 aliphatic rings. The van der Waals surface area contributed by atoms with Gasteiger partial charge in [0.25, 0.3) is 16.6 Å². The summed E-state index contributed by atoms with van der Waals surface area (Å²) < 4.78 is 12.8. The fraction of sp³-hybridized carbons (Fsp3) is 0.0667. The standard InChI is InChI=1S/C18H22OSi2.C12H18OSi2/c1-5-20(3,17-13-9-7-10-14-17)19-21(4,6-2)18-15-11-8-12-16-18;1-7-14(8-2,9-3)13-15(10-4,11-5)12-6/h5-16H,1-2H2,3-4H3;7-12H,1-6H2. The van der Waals surface area contributed by atoms with E-state index in [2.05, 4.69) is 114 Å². The number of hydrogen-bond donors (Lipinski definition) is 0. The average molecular weight is 545 g/mol. The predicted octanol–water partition coefficient (Wildman–Crippen LogP) is 6.66. The Morgan fingerprint density at radius 1 is 0.444 bits per heavy atom. The summed E-state index contributed by atoms with van der Waals surface area (Å²) in [5.74, 6) is 0. The maximum Gasteiger partial charge on any atom is 0.254 e. The van der Waals surface area contributed by atoms with Gasteiger partial charge in [-0.15, -0.1) is 52.6 Å². The van der Waals surface area contributed by atoms with Crippen molar-refractivity contribution in [2.24, 2.45) is 0 Å². The summed E-state index contributed by atoms with van der Waals surface area (Å²) in [4.78, 5) is 0. The minimum Gasteiger partial charge on any atom is -0.443 e. The highest BCUT2D eigenvalue weighted by molar-refractivity contribution is 7.02. The van der Waals surface area contributed by atoms with Gasteiger partial charge in [-0.3, -0.25) is 0 Å². The minimum absolute atomic E-state index is 1.25. The van der Waals surface area contributed by atoms with Gasteiger partial charge in [0, 0.05) is 0 Å². The molecule has 0 bridgehead atoms. The van der Waals surface area contributed by atoms with Crippen LogP contribution in [0.15, 0.2) is 159 Å². The van der Waals surface area contributed by atoms with Crippen molar-refractivity contribution in [3.63, 3.8) is 0 Å². The second-order valence-electron chi connectivity index (χ2n) is 8.49. The Bertz CT molecular complexity index is 952. The van der Waals surface area contributed by atoms with Gasteiger partial charge >= 0.3 is 0 Å². The van der Waals surface area contributed by atoms with Crippen LogP contribution in [0.1, 0.15) is 0 Å². The highest BCUT2D eigenvalue weighted by atomic mass is 28.4. The van der Waals surface area contributed by atoms with Crippen molar-refractivity contribution in [1.29, 1.82) is 0 Å². The van der Waals surface area contributed by atoms with Crippen LogP contribution in [0.4, 0.5) is 0 Å². The third kappa shape index (κ3) is 7.57. The van der Waals surface area contributed by atoms with Gasteiger partial charge in [0.1, 0.15) is 0 Å². The first-order valence-electron chi connectivity index (χ1n) is 11.7. The monoisotopic (exact) mass is 544 g/mol. The van der Waals surface area contributed by atoms with Gasteiger partial charge in [0.2, 0.25) is 16.6 Å². The van der Waals surface area contributed by atoms with Crippen molar-refractivity contribution in [1.82, 2.24) is 0 Å². The number of benzene rings is 2. The molecule has 0 aromatic heterocycles. The zero-order chi connectivity index (χ0) is 27.3. The molecule has 188 valence electrons. The molecule has 0 radical (unpaired) electrons. The van der Waals surface area contributed by atoms with Crippen molar-refractivity contribution in [2.75, 3.05) is 0 Å². The summed E-state index contributed by atoms with van der Waals surface area (Å²) >= 11 is 0. The van der Waals surface area contributed by atoms with Gasteiger partial charge in [-0.25, -0.2) is 0 Å². The molecule has 36 heavy (non-hydrogen) atoms. The van der Waals surface area contributed by atoms with Gasteiger partial charge in [-0.1, -0.05) is 106 Å². The SMILES string of the molecule is C=C[Si](C)(O[Si](C)(C=C)c1ccccc1)c1ccccc1.C=C[Si](C=C)(C=C)O[Si](C=C)(C=C)C=C. The molecule has 2 aromatic rings. The maximum absolute atomic E-state index is 6.74. The molecule has 0 aliphatic carbocycles. The zero-order valence-corrected chi connectivity index (χ0v) is 25.9. The van der Waals surface area contributed by atoms with E-state index < -0.39 is 33.3 Å². The van der Waals surface area contributed by atoms with Crippen LogP contribution in [-0.4, -0.2) is 33.3 Å². The van der Waals surface area contributed by atoms with E-state index in [1.165, 1.54) is 10.4 Å². The molecule has 0 heterocycles. The Balaban J connectivity index is 0.000000384. The Kier molecular flexibility index (Phi) is 12.2. The molecule has 2 aromatic carbocycles. The highest BCUT2D eigenvalue weighted by Crippen LogP contribution is 2.20. The normalized spacial score (nSPS) is 14.3. The zero-order valence-electron chi connectivity index (χ0n) is 21.9. The van der Waals surface area contributed by atoms with E-state index in [0.717, 1.165) is 0 Å². The highest BCUT2D eigenvalue weighted by Gasteiger charge is 2.38. The quantitative estimate of drug-likeness (QED) is 0.248. The van der Waals surface area contributed by atoms with Gasteiger partial charge in [0.15, 0.2) is 0 Å². The summed E-state index contributed by atoms with van der Waals surface area (Å²) in [6, 6.07) is 20.8. The molecule has 0 spiro atoms. The van der Waals surface area contributed by atoms with Crippen LogP contribution in [0.2, 0.25) is 13.1 Å². The van der Waals surface area contributed by atoms with Crippen molar-refractivity contribution >= 4 is 43.6 Å². The molecular weight excluding hydrogens is 505 g/mol. The van der Waals surface area contributed by atoms with Crippen LogP contribution in [0, 0.1) is 0 Å². The molecule has 0 amide bonds. The van der Waals surface area contributed by atoms with E-state index in [4.69, 9.17) is 8.23 Å². The molecular formula is C30H40O2Si4. The maximum atomic E-state index is 6.74. The van der Waals surface area contributed by atoms with Crippen LogP contribution >= 0.6 is 0 Å². The second-order valence-corrected chi connectivity index (χ2v) is 22.4. The molecule has 0 aliphatic heterocycles. The van der Waals surface area contributed by atoms with Gasteiger partial charge in [0.05, 0.1) is 0 Å². The summed E-state index contributed by atoms with van der Waals surface area (Å²) in [6.45, 7) is 35.1. The molecule has 2 nitrogen and oxygen atoms in total. The molecule has 0 fully saturated rings. The van der Waals surface area contributed by atoms with Gasteiger partial charge in [-0.05, 0) is 23.5 Å². The van der Waals surface area contributed by atoms with Crippen molar-refractivity contribution < 1.29 is 8.23 Å². The third-order valence-corrected chi connectivity index (χ3v) is 20.7. The lowest BCUT2D eigenvalue weighted by Crippen LogP contribution is -2.59. The topological polar surface area (TPSA) is 18.5 Å². The summed E-state index contributed by atoms with van der Waals surface area (Å²) in [5.41, 5.74) is 14.7. The Hall–Kier alpha value is -2.85. The Morgan fingerprint density at radius 2 is 0.722 bits per heavy atom. The van der Waals surface area contributed by atoms with E-state index in [0.29, 0.717) is 0 Å². The van der Waals surface area contributed by atoms with Crippen LogP contribution in [0.5, 0.6) is 0 Å². The van der Waals surface area contributed by atoms with E-state index in [1.54, 1.807) is 34.2 Å². The molecule has 2 rings (SSSR count). The fourth-order valence-corrected chi connectivity index (χ4v) is 16.2. The average Bonchev–Trinajstić information content (AvgIpc) is 2.95. The lowest BCUT2D eigenvalue weighted by atomic mass is 10.4. The van der Waals surface area contributed by atoms with Crippen LogP contribution < -0.4 is 10.4 Å². The van der Waals surface area contributed by atoms with Crippen molar-refractivity contribution in [3.05, 3.63) is 159 Å². The van der Waals surface area contributed by atoms with Crippen LogP contribution in [-0.2, 0) is 8.23 Å². The lowest BCUT2D eigenvalue weighted by molar-refractivity contribution is 0.585. The fourth-order valence-electron chi connectivity index (χ4n) is 3.47. The summed E-state index contributed by atoms with van der Waals surface area (Å²) in [5, 5.41) is 2.49. The number of hydrogen-bond acceptors (Lipinski definition) is 2. The molecule has 2 atom stereocenters. The van der Waals surface area contributed by atoms with Crippen molar-refractivity contribution in [3.8, 4) is 0 Å². The first-order chi connectivity index (χ1) is 17.1. The summed E-state index contributed by atoms with van der Waals surface area (Å²) in [7, 11) is -8.92. The Morgan fingerprint density at radius 3 is 0.944 bits per heavy atom. The number of rotatable bonds is 14. The van der Waals surface area contributed by atoms with E-state index in [-0.39, 0.29) is 0 Å². The first kappa shape index (κ1) is 31.2.